The standard InChI is InChI=1S/C15H18ClFN4O2/c1-9(2)5-13(15(22)23)18-7-11-8-21(20-19-11)14-4-3-10(17)6-12(14)16/h3-4,6,8-9,13,18H,5,7H2,1-2H3,(H,22,23)/t13-/m0/s1. The third-order valence-corrected chi connectivity index (χ3v) is 3.53. The summed E-state index contributed by atoms with van der Waals surface area (Å²) in [4.78, 5) is 11.2. The largest absolute Gasteiger partial charge is 0.480 e. The van der Waals surface area contributed by atoms with Gasteiger partial charge in [0.25, 0.3) is 0 Å². The highest BCUT2D eigenvalue weighted by molar-refractivity contribution is 6.32. The van der Waals surface area contributed by atoms with Crippen LogP contribution in [0.2, 0.25) is 5.02 Å². The van der Waals surface area contributed by atoms with Crippen molar-refractivity contribution in [2.24, 2.45) is 5.92 Å². The second-order valence-corrected chi connectivity index (χ2v) is 6.06. The van der Waals surface area contributed by atoms with Crippen LogP contribution in [0.1, 0.15) is 26.0 Å². The summed E-state index contributed by atoms with van der Waals surface area (Å²) in [6, 6.07) is 3.33. The first-order valence-corrected chi connectivity index (χ1v) is 7.57. The van der Waals surface area contributed by atoms with Gasteiger partial charge in [-0.15, -0.1) is 5.10 Å². The molecule has 0 aliphatic heterocycles. The highest BCUT2D eigenvalue weighted by Gasteiger charge is 2.18. The number of nitrogens with one attached hydrogen (secondary N) is 1. The van der Waals surface area contributed by atoms with Gasteiger partial charge in [0.15, 0.2) is 0 Å². The molecule has 0 aliphatic carbocycles. The Bertz CT molecular complexity index is 690. The molecule has 0 saturated heterocycles. The van der Waals surface area contributed by atoms with Crippen molar-refractivity contribution in [3.8, 4) is 5.69 Å². The quantitative estimate of drug-likeness (QED) is 0.810. The zero-order valence-corrected chi connectivity index (χ0v) is 13.6. The second kappa shape index (κ2) is 7.52. The molecule has 1 atom stereocenters. The molecule has 0 bridgehead atoms. The number of hydrogen-bond acceptors (Lipinski definition) is 4. The Hall–Kier alpha value is -1.99. The normalized spacial score (nSPS) is 12.6. The summed E-state index contributed by atoms with van der Waals surface area (Å²) < 4.78 is 14.5. The second-order valence-electron chi connectivity index (χ2n) is 5.65. The van der Waals surface area contributed by atoms with Crippen molar-refractivity contribution in [1.29, 1.82) is 0 Å². The minimum absolute atomic E-state index is 0.220. The third-order valence-electron chi connectivity index (χ3n) is 3.23. The number of aromatic nitrogens is 3. The first-order chi connectivity index (χ1) is 10.9. The van der Waals surface area contributed by atoms with E-state index in [1.807, 2.05) is 13.8 Å². The number of carboxylic acid groups (broad SMARTS) is 1. The Balaban J connectivity index is 2.06. The lowest BCUT2D eigenvalue weighted by molar-refractivity contribution is -0.140. The Morgan fingerprint density at radius 2 is 2.22 bits per heavy atom. The first-order valence-electron chi connectivity index (χ1n) is 7.19. The molecule has 0 aliphatic rings. The van der Waals surface area contributed by atoms with Gasteiger partial charge in [-0.25, -0.2) is 9.07 Å². The van der Waals surface area contributed by atoms with E-state index in [-0.39, 0.29) is 17.5 Å². The van der Waals surface area contributed by atoms with E-state index < -0.39 is 17.8 Å². The number of nitrogens with zero attached hydrogens (tertiary/aromatic N) is 3. The maximum absolute atomic E-state index is 13.1. The lowest BCUT2D eigenvalue weighted by Gasteiger charge is -2.15. The molecule has 0 radical (unpaired) electrons. The van der Waals surface area contributed by atoms with Crippen molar-refractivity contribution in [2.75, 3.05) is 0 Å². The summed E-state index contributed by atoms with van der Waals surface area (Å²) in [6.07, 6.45) is 2.15. The monoisotopic (exact) mass is 340 g/mol. The number of carbonyl (C=O) groups is 1. The van der Waals surface area contributed by atoms with E-state index in [9.17, 15) is 14.3 Å². The number of carboxylic acids is 1. The van der Waals surface area contributed by atoms with Crippen LogP contribution in [0.15, 0.2) is 24.4 Å². The minimum Gasteiger partial charge on any atom is -0.480 e. The molecule has 124 valence electrons. The molecule has 0 amide bonds. The fourth-order valence-electron chi connectivity index (χ4n) is 2.13. The molecule has 6 nitrogen and oxygen atoms in total. The highest BCUT2D eigenvalue weighted by atomic mass is 35.5. The fraction of sp³-hybridized carbons (Fsp3) is 0.400. The number of hydrogen-bond donors (Lipinski definition) is 2. The van der Waals surface area contributed by atoms with Gasteiger partial charge in [-0.3, -0.25) is 10.1 Å². The first kappa shape index (κ1) is 17.4. The van der Waals surface area contributed by atoms with Crippen molar-refractivity contribution in [2.45, 2.75) is 32.9 Å². The van der Waals surface area contributed by atoms with Crippen LogP contribution in [0.25, 0.3) is 5.69 Å². The van der Waals surface area contributed by atoms with Crippen LogP contribution >= 0.6 is 11.6 Å². The predicted molar refractivity (Wildman–Crippen MR) is 84.0 cm³/mol. The molecule has 1 aromatic heterocycles. The number of benzene rings is 1. The molecule has 0 unspecified atom stereocenters. The van der Waals surface area contributed by atoms with Gasteiger partial charge in [0, 0.05) is 6.54 Å². The van der Waals surface area contributed by atoms with Crippen LogP contribution in [0, 0.1) is 11.7 Å². The number of rotatable bonds is 7. The van der Waals surface area contributed by atoms with Crippen molar-refractivity contribution in [3.05, 3.63) is 40.9 Å². The Morgan fingerprint density at radius 3 is 2.83 bits per heavy atom. The summed E-state index contributed by atoms with van der Waals surface area (Å²) in [5, 5.41) is 20.3. The van der Waals surface area contributed by atoms with Gasteiger partial charge in [-0.1, -0.05) is 30.7 Å². The third kappa shape index (κ3) is 4.74. The van der Waals surface area contributed by atoms with Crippen LogP contribution in [0.5, 0.6) is 0 Å². The maximum Gasteiger partial charge on any atom is 0.320 e. The Labute approximate surface area is 138 Å². The maximum atomic E-state index is 13.1. The fourth-order valence-corrected chi connectivity index (χ4v) is 2.39. The zero-order valence-electron chi connectivity index (χ0n) is 12.8. The summed E-state index contributed by atoms with van der Waals surface area (Å²) >= 11 is 5.98. The van der Waals surface area contributed by atoms with E-state index >= 15 is 0 Å². The van der Waals surface area contributed by atoms with E-state index in [4.69, 9.17) is 11.6 Å². The van der Waals surface area contributed by atoms with Crippen LogP contribution < -0.4 is 5.32 Å². The molecule has 0 fully saturated rings. The molecule has 0 saturated carbocycles. The van der Waals surface area contributed by atoms with Gasteiger partial charge in [0.1, 0.15) is 11.9 Å². The molecular weight excluding hydrogens is 323 g/mol. The Morgan fingerprint density at radius 1 is 1.48 bits per heavy atom. The van der Waals surface area contributed by atoms with E-state index in [0.29, 0.717) is 17.8 Å². The number of halogens is 2. The van der Waals surface area contributed by atoms with Crippen molar-refractivity contribution >= 4 is 17.6 Å². The molecule has 1 aromatic carbocycles. The minimum atomic E-state index is -0.896. The average molecular weight is 341 g/mol. The van der Waals surface area contributed by atoms with E-state index in [2.05, 4.69) is 15.6 Å². The molecule has 8 heteroatoms. The smallest absolute Gasteiger partial charge is 0.320 e. The average Bonchev–Trinajstić information content (AvgIpc) is 2.91. The molecule has 2 rings (SSSR count). The molecular formula is C15H18ClFN4O2. The summed E-state index contributed by atoms with van der Waals surface area (Å²) in [5.41, 5.74) is 1.07. The Kier molecular flexibility index (Phi) is 5.68. The summed E-state index contributed by atoms with van der Waals surface area (Å²) in [7, 11) is 0. The highest BCUT2D eigenvalue weighted by Crippen LogP contribution is 2.20. The number of aliphatic carboxylic acids is 1. The molecule has 2 N–H and O–H groups in total. The van der Waals surface area contributed by atoms with E-state index in [0.717, 1.165) is 0 Å². The van der Waals surface area contributed by atoms with Gasteiger partial charge in [-0.05, 0) is 30.5 Å². The molecule has 0 spiro atoms. The van der Waals surface area contributed by atoms with E-state index in [1.165, 1.54) is 22.9 Å². The summed E-state index contributed by atoms with van der Waals surface area (Å²) in [5.74, 6) is -1.07. The van der Waals surface area contributed by atoms with Gasteiger partial charge >= 0.3 is 5.97 Å². The van der Waals surface area contributed by atoms with Gasteiger partial charge in [0.2, 0.25) is 0 Å². The molecule has 2 aromatic rings. The topological polar surface area (TPSA) is 80.0 Å². The SMILES string of the molecule is CC(C)C[C@H](NCc1cn(-c2ccc(F)cc2Cl)nn1)C(=O)O. The van der Waals surface area contributed by atoms with Gasteiger partial charge in [0.05, 0.1) is 22.6 Å². The van der Waals surface area contributed by atoms with Crippen LogP contribution in [0.4, 0.5) is 4.39 Å². The summed E-state index contributed by atoms with van der Waals surface area (Å²) in [6.45, 7) is 4.19. The zero-order chi connectivity index (χ0) is 17.0. The van der Waals surface area contributed by atoms with Gasteiger partial charge in [-0.2, -0.15) is 0 Å². The molecule has 1 heterocycles. The van der Waals surface area contributed by atoms with Crippen molar-refractivity contribution in [1.82, 2.24) is 20.3 Å². The lowest BCUT2D eigenvalue weighted by atomic mass is 10.0. The van der Waals surface area contributed by atoms with Crippen molar-refractivity contribution in [3.63, 3.8) is 0 Å². The van der Waals surface area contributed by atoms with Crippen molar-refractivity contribution < 1.29 is 14.3 Å². The van der Waals surface area contributed by atoms with E-state index in [1.54, 1.807) is 6.20 Å². The van der Waals surface area contributed by atoms with Crippen LogP contribution in [0.3, 0.4) is 0 Å². The lowest BCUT2D eigenvalue weighted by Crippen LogP contribution is -2.37. The van der Waals surface area contributed by atoms with Crippen LogP contribution in [-0.2, 0) is 11.3 Å². The predicted octanol–water partition coefficient (Wildman–Crippen LogP) is 2.65. The molecule has 23 heavy (non-hydrogen) atoms. The van der Waals surface area contributed by atoms with Crippen LogP contribution in [-0.4, -0.2) is 32.1 Å². The van der Waals surface area contributed by atoms with Gasteiger partial charge < -0.3 is 5.11 Å².